The maximum absolute atomic E-state index is 13.0. The number of hydrogen-bond donors (Lipinski definition) is 2. The largest absolute Gasteiger partial charge is 0.493 e. The summed E-state index contributed by atoms with van der Waals surface area (Å²) in [6, 6.07) is 11.5. The maximum Gasteiger partial charge on any atom is 0.417 e. The minimum atomic E-state index is -4.52. The van der Waals surface area contributed by atoms with E-state index >= 15 is 0 Å². The van der Waals surface area contributed by atoms with Gasteiger partial charge in [0.05, 0.1) is 31.7 Å². The third-order valence-corrected chi connectivity index (χ3v) is 4.14. The number of aromatic amines is 1. The Kier molecular flexibility index (Phi) is 6.05. The van der Waals surface area contributed by atoms with Crippen molar-refractivity contribution in [3.63, 3.8) is 0 Å². The molecule has 0 atom stereocenters. The number of hydrazone groups is 1. The third-order valence-electron chi connectivity index (χ3n) is 4.14. The number of nitrogens with one attached hydrogen (secondary N) is 2. The second kappa shape index (κ2) is 8.68. The summed E-state index contributed by atoms with van der Waals surface area (Å²) in [5.41, 5.74) is 2.39. The summed E-state index contributed by atoms with van der Waals surface area (Å²) in [5.74, 6) is 0.384. The molecule has 10 heteroatoms. The molecule has 3 aromatic rings. The number of aromatic nitrogens is 2. The van der Waals surface area contributed by atoms with Crippen molar-refractivity contribution in [1.82, 2.24) is 15.6 Å². The number of hydrogen-bond acceptors (Lipinski definition) is 5. The van der Waals surface area contributed by atoms with Crippen LogP contribution in [0.1, 0.15) is 21.6 Å². The predicted octanol–water partition coefficient (Wildman–Crippen LogP) is 3.88. The monoisotopic (exact) mass is 418 g/mol. The van der Waals surface area contributed by atoms with Crippen LogP contribution in [-0.4, -0.2) is 36.5 Å². The van der Waals surface area contributed by atoms with Gasteiger partial charge in [0.15, 0.2) is 11.5 Å². The highest BCUT2D eigenvalue weighted by Crippen LogP contribution is 2.32. The van der Waals surface area contributed by atoms with Crippen LogP contribution in [0.5, 0.6) is 11.5 Å². The number of nitrogens with zero attached hydrogens (tertiary/aromatic N) is 2. The molecule has 0 saturated heterocycles. The van der Waals surface area contributed by atoms with E-state index in [1.165, 1.54) is 38.5 Å². The van der Waals surface area contributed by atoms with Crippen LogP contribution < -0.4 is 14.9 Å². The molecular weight excluding hydrogens is 401 g/mol. The molecule has 1 aromatic heterocycles. The molecule has 3 rings (SSSR count). The number of alkyl halides is 3. The molecule has 0 aliphatic heterocycles. The number of carbonyl (C=O) groups excluding carboxylic acids is 1. The fourth-order valence-corrected chi connectivity index (χ4v) is 2.67. The van der Waals surface area contributed by atoms with Crippen molar-refractivity contribution in [3.05, 3.63) is 65.4 Å². The van der Waals surface area contributed by atoms with Crippen LogP contribution in [0.25, 0.3) is 11.3 Å². The first-order valence-corrected chi connectivity index (χ1v) is 8.61. The van der Waals surface area contributed by atoms with E-state index in [4.69, 9.17) is 9.47 Å². The summed E-state index contributed by atoms with van der Waals surface area (Å²) >= 11 is 0. The molecule has 0 radical (unpaired) electrons. The lowest BCUT2D eigenvalue weighted by atomic mass is 10.1. The molecule has 1 heterocycles. The number of amides is 1. The normalized spacial score (nSPS) is 11.5. The van der Waals surface area contributed by atoms with Gasteiger partial charge in [0.1, 0.15) is 5.69 Å². The molecule has 0 aliphatic carbocycles. The number of rotatable bonds is 6. The van der Waals surface area contributed by atoms with Crippen molar-refractivity contribution in [2.24, 2.45) is 5.10 Å². The molecule has 0 bridgehead atoms. The fraction of sp³-hybridized carbons (Fsp3) is 0.150. The van der Waals surface area contributed by atoms with Crippen molar-refractivity contribution in [2.45, 2.75) is 6.18 Å². The Labute approximate surface area is 169 Å². The topological polar surface area (TPSA) is 88.6 Å². The van der Waals surface area contributed by atoms with E-state index in [-0.39, 0.29) is 11.3 Å². The zero-order valence-corrected chi connectivity index (χ0v) is 15.9. The smallest absolute Gasteiger partial charge is 0.417 e. The molecule has 30 heavy (non-hydrogen) atoms. The zero-order valence-electron chi connectivity index (χ0n) is 15.9. The Bertz CT molecular complexity index is 1080. The van der Waals surface area contributed by atoms with Crippen LogP contribution in [-0.2, 0) is 6.18 Å². The van der Waals surface area contributed by atoms with Crippen LogP contribution in [0.4, 0.5) is 13.2 Å². The Morgan fingerprint density at radius 1 is 1.10 bits per heavy atom. The van der Waals surface area contributed by atoms with Gasteiger partial charge in [-0.25, -0.2) is 5.43 Å². The van der Waals surface area contributed by atoms with Crippen LogP contribution in [0, 0.1) is 0 Å². The number of benzene rings is 2. The molecule has 0 unspecified atom stereocenters. The van der Waals surface area contributed by atoms with Gasteiger partial charge in [0.25, 0.3) is 5.91 Å². The lowest BCUT2D eigenvalue weighted by Crippen LogP contribution is -2.18. The van der Waals surface area contributed by atoms with E-state index in [1.54, 1.807) is 18.2 Å². The van der Waals surface area contributed by atoms with E-state index in [0.717, 1.165) is 12.3 Å². The standard InChI is InChI=1S/C20H17F3N4O3/c1-29-17-8-7-12(9-18(17)30-2)15-10-16(26-25-15)19(28)27-24-11-13-5-3-4-6-14(13)20(21,22)23/h3-11H,1-2H3,(H,25,26)(H,27,28)/b24-11+. The Morgan fingerprint density at radius 3 is 2.53 bits per heavy atom. The first kappa shape index (κ1) is 20.9. The van der Waals surface area contributed by atoms with Gasteiger partial charge in [0.2, 0.25) is 0 Å². The molecule has 156 valence electrons. The van der Waals surface area contributed by atoms with Crippen LogP contribution >= 0.6 is 0 Å². The average molecular weight is 418 g/mol. The average Bonchev–Trinajstić information content (AvgIpc) is 3.23. The number of methoxy groups -OCH3 is 2. The van der Waals surface area contributed by atoms with E-state index in [2.05, 4.69) is 20.7 Å². The van der Waals surface area contributed by atoms with Gasteiger partial charge in [-0.1, -0.05) is 18.2 Å². The van der Waals surface area contributed by atoms with Crippen molar-refractivity contribution < 1.29 is 27.4 Å². The number of halogens is 3. The fourth-order valence-electron chi connectivity index (χ4n) is 2.67. The lowest BCUT2D eigenvalue weighted by molar-refractivity contribution is -0.137. The molecule has 1 amide bonds. The van der Waals surface area contributed by atoms with Crippen molar-refractivity contribution in [1.29, 1.82) is 0 Å². The van der Waals surface area contributed by atoms with E-state index < -0.39 is 17.6 Å². The van der Waals surface area contributed by atoms with Crippen molar-refractivity contribution >= 4 is 12.1 Å². The van der Waals surface area contributed by atoms with E-state index in [9.17, 15) is 18.0 Å². The maximum atomic E-state index is 13.0. The van der Waals surface area contributed by atoms with Gasteiger partial charge in [-0.05, 0) is 30.3 Å². The molecule has 0 aliphatic rings. The highest BCUT2D eigenvalue weighted by atomic mass is 19.4. The van der Waals surface area contributed by atoms with Crippen LogP contribution in [0.2, 0.25) is 0 Å². The summed E-state index contributed by atoms with van der Waals surface area (Å²) < 4.78 is 49.4. The van der Waals surface area contributed by atoms with Gasteiger partial charge >= 0.3 is 6.18 Å². The predicted molar refractivity (Wildman–Crippen MR) is 104 cm³/mol. The SMILES string of the molecule is COc1ccc(-c2cc(C(=O)N/N=C/c3ccccc3C(F)(F)F)[nH]n2)cc1OC. The quantitative estimate of drug-likeness (QED) is 0.470. The van der Waals surface area contributed by atoms with E-state index in [1.807, 2.05) is 0 Å². The third kappa shape index (κ3) is 4.59. The molecule has 2 aromatic carbocycles. The van der Waals surface area contributed by atoms with Gasteiger partial charge in [-0.2, -0.15) is 23.4 Å². The van der Waals surface area contributed by atoms with Gasteiger partial charge in [0, 0.05) is 11.1 Å². The second-order valence-corrected chi connectivity index (χ2v) is 6.02. The van der Waals surface area contributed by atoms with Gasteiger partial charge < -0.3 is 9.47 Å². The minimum Gasteiger partial charge on any atom is -0.493 e. The van der Waals surface area contributed by atoms with Gasteiger partial charge in [-0.15, -0.1) is 0 Å². The second-order valence-electron chi connectivity index (χ2n) is 6.02. The number of ether oxygens (including phenoxy) is 2. The minimum absolute atomic E-state index is 0.0843. The van der Waals surface area contributed by atoms with Crippen LogP contribution in [0.15, 0.2) is 53.6 Å². The van der Waals surface area contributed by atoms with Crippen molar-refractivity contribution in [2.75, 3.05) is 14.2 Å². The Hall–Kier alpha value is -3.82. The highest BCUT2D eigenvalue weighted by Gasteiger charge is 2.32. The lowest BCUT2D eigenvalue weighted by Gasteiger charge is -2.09. The molecule has 0 spiro atoms. The molecular formula is C20H17F3N4O3. The number of carbonyl (C=O) groups is 1. The van der Waals surface area contributed by atoms with E-state index in [0.29, 0.717) is 22.8 Å². The molecule has 7 nitrogen and oxygen atoms in total. The zero-order chi connectivity index (χ0) is 21.7. The first-order valence-electron chi connectivity index (χ1n) is 8.61. The molecule has 0 saturated carbocycles. The summed E-state index contributed by atoms with van der Waals surface area (Å²) in [4.78, 5) is 12.2. The molecule has 0 fully saturated rings. The molecule has 2 N–H and O–H groups in total. The summed E-state index contributed by atoms with van der Waals surface area (Å²) in [6.45, 7) is 0. The highest BCUT2D eigenvalue weighted by molar-refractivity contribution is 5.94. The summed E-state index contributed by atoms with van der Waals surface area (Å²) in [7, 11) is 3.02. The Balaban J connectivity index is 1.73. The summed E-state index contributed by atoms with van der Waals surface area (Å²) in [5, 5.41) is 10.2. The van der Waals surface area contributed by atoms with Crippen LogP contribution in [0.3, 0.4) is 0 Å². The summed E-state index contributed by atoms with van der Waals surface area (Å²) in [6.07, 6.45) is -3.59. The number of H-pyrrole nitrogens is 1. The Morgan fingerprint density at radius 2 is 1.83 bits per heavy atom. The van der Waals surface area contributed by atoms with Crippen molar-refractivity contribution in [3.8, 4) is 22.8 Å². The van der Waals surface area contributed by atoms with Gasteiger partial charge in [-0.3, -0.25) is 9.89 Å². The first-order chi connectivity index (χ1) is 14.3.